The summed E-state index contributed by atoms with van der Waals surface area (Å²) in [5, 5.41) is 0. The standard InChI is InChI=1S/3C3H5.Bi/c3*1-3-2;/h3*1,3H,2H3;. The minimum absolute atomic E-state index is 1.36. The van der Waals surface area contributed by atoms with Crippen molar-refractivity contribution in [3.63, 3.8) is 0 Å². The van der Waals surface area contributed by atoms with Gasteiger partial charge in [-0.15, -0.1) is 0 Å². The van der Waals surface area contributed by atoms with Gasteiger partial charge in [-0.2, -0.15) is 0 Å². The molecule has 0 radical (unpaired) electrons. The number of hydrogen-bond donors (Lipinski definition) is 0. The maximum absolute atomic E-state index is 2.37. The van der Waals surface area contributed by atoms with Crippen LogP contribution in [0, 0.1) is 0 Å². The molecule has 0 saturated heterocycles. The van der Waals surface area contributed by atoms with Gasteiger partial charge in [0.2, 0.25) is 0 Å². The summed E-state index contributed by atoms with van der Waals surface area (Å²) in [5.74, 6) is 0. The first-order valence-corrected chi connectivity index (χ1v) is 9.53. The van der Waals surface area contributed by atoms with E-state index < -0.39 is 21.8 Å². The van der Waals surface area contributed by atoms with Gasteiger partial charge in [-0.05, 0) is 0 Å². The fourth-order valence-corrected chi connectivity index (χ4v) is 5.84. The summed E-state index contributed by atoms with van der Waals surface area (Å²) >= 11 is -1.36. The molecule has 0 aromatic heterocycles. The monoisotopic (exact) mass is 332 g/mol. The van der Waals surface area contributed by atoms with Crippen LogP contribution in [0.3, 0.4) is 0 Å². The number of allylic oxidation sites excluding steroid dienone is 3. The Labute approximate surface area is 72.0 Å². The van der Waals surface area contributed by atoms with E-state index >= 15 is 0 Å². The van der Waals surface area contributed by atoms with Gasteiger partial charge < -0.3 is 0 Å². The van der Waals surface area contributed by atoms with Gasteiger partial charge in [0.05, 0.1) is 0 Å². The van der Waals surface area contributed by atoms with Crippen molar-refractivity contribution in [1.82, 2.24) is 0 Å². The van der Waals surface area contributed by atoms with Gasteiger partial charge in [0, 0.05) is 0 Å². The van der Waals surface area contributed by atoms with E-state index in [-0.39, 0.29) is 0 Å². The van der Waals surface area contributed by atoms with Crippen LogP contribution >= 0.6 is 0 Å². The van der Waals surface area contributed by atoms with Crippen LogP contribution in [0.2, 0.25) is 0 Å². The summed E-state index contributed by atoms with van der Waals surface area (Å²) in [4.78, 5) is 0. The Hall–Kier alpha value is 0.103. The second kappa shape index (κ2) is 7.21. The topological polar surface area (TPSA) is 0 Å². The third-order valence-electron chi connectivity index (χ3n) is 0.964. The van der Waals surface area contributed by atoms with E-state index in [1.165, 1.54) is 0 Å². The van der Waals surface area contributed by atoms with Gasteiger partial charge in [0.1, 0.15) is 0 Å². The summed E-state index contributed by atoms with van der Waals surface area (Å²) in [6.07, 6.45) is 6.49. The van der Waals surface area contributed by atoms with Gasteiger partial charge in [-0.25, -0.2) is 0 Å². The Balaban J connectivity index is 3.97. The quantitative estimate of drug-likeness (QED) is 0.697. The number of hydrogen-bond acceptors (Lipinski definition) is 0. The molecule has 0 heterocycles. The molecule has 0 nitrogen and oxygen atoms in total. The fraction of sp³-hybridized carbons (Fsp3) is 0.333. The summed E-state index contributed by atoms with van der Waals surface area (Å²) in [6.45, 7) is 6.28. The van der Waals surface area contributed by atoms with Crippen LogP contribution in [0.4, 0.5) is 0 Å². The van der Waals surface area contributed by atoms with Crippen LogP contribution in [-0.2, 0) is 0 Å². The second-order valence-electron chi connectivity index (χ2n) is 1.89. The second-order valence-corrected chi connectivity index (χ2v) is 8.85. The Morgan fingerprint density at radius 1 is 0.700 bits per heavy atom. The Kier molecular flexibility index (Phi) is 7.29. The van der Waals surface area contributed by atoms with Crippen molar-refractivity contribution in [3.8, 4) is 0 Å². The van der Waals surface area contributed by atoms with Crippen molar-refractivity contribution in [1.29, 1.82) is 0 Å². The SMILES string of the molecule is CC=[CH][Bi]([CH]=CC)[CH]=CC. The van der Waals surface area contributed by atoms with E-state index in [1.54, 1.807) is 0 Å². The van der Waals surface area contributed by atoms with Crippen molar-refractivity contribution in [2.24, 2.45) is 0 Å². The predicted molar refractivity (Wildman–Crippen MR) is 50.2 cm³/mol. The molecule has 0 aliphatic heterocycles. The van der Waals surface area contributed by atoms with Gasteiger partial charge in [0.25, 0.3) is 0 Å². The third-order valence-corrected chi connectivity index (χ3v) is 8.46. The molecule has 0 amide bonds. The summed E-state index contributed by atoms with van der Waals surface area (Å²) < 4.78 is 7.11. The fourth-order valence-electron chi connectivity index (χ4n) is 0.665. The van der Waals surface area contributed by atoms with Crippen molar-refractivity contribution in [2.45, 2.75) is 20.8 Å². The van der Waals surface area contributed by atoms with Crippen LogP contribution in [0.5, 0.6) is 0 Å². The molecule has 0 saturated carbocycles. The molecule has 0 aliphatic carbocycles. The summed E-state index contributed by atoms with van der Waals surface area (Å²) in [7, 11) is 0. The molecular formula is C9H15Bi. The molecule has 0 N–H and O–H groups in total. The zero-order valence-corrected chi connectivity index (χ0v) is 10.4. The molecule has 0 fully saturated rings. The van der Waals surface area contributed by atoms with Crippen LogP contribution in [0.1, 0.15) is 20.8 Å². The molecule has 0 spiro atoms. The maximum atomic E-state index is 2.37. The number of rotatable bonds is 3. The average molecular weight is 332 g/mol. The molecule has 0 bridgehead atoms. The van der Waals surface area contributed by atoms with Crippen molar-refractivity contribution >= 4 is 21.8 Å². The summed E-state index contributed by atoms with van der Waals surface area (Å²) in [5.41, 5.74) is 0. The van der Waals surface area contributed by atoms with Crippen molar-refractivity contribution in [3.05, 3.63) is 29.6 Å². The van der Waals surface area contributed by atoms with Crippen molar-refractivity contribution in [2.75, 3.05) is 0 Å². The Morgan fingerprint density at radius 2 is 1.00 bits per heavy atom. The molecule has 1 heteroatoms. The zero-order chi connectivity index (χ0) is 7.82. The normalized spacial score (nSPS) is 13.2. The first kappa shape index (κ1) is 10.1. The molecule has 0 atom stereocenters. The van der Waals surface area contributed by atoms with Crippen LogP contribution < -0.4 is 0 Å². The van der Waals surface area contributed by atoms with Crippen molar-refractivity contribution < 1.29 is 0 Å². The third kappa shape index (κ3) is 4.93. The predicted octanol–water partition coefficient (Wildman–Crippen LogP) is 2.83. The zero-order valence-electron chi connectivity index (χ0n) is 6.91. The molecule has 10 heavy (non-hydrogen) atoms. The van der Waals surface area contributed by atoms with E-state index in [0.717, 1.165) is 0 Å². The molecule has 0 aromatic carbocycles. The first-order chi connectivity index (χ1) is 4.85. The Bertz CT molecular complexity index is 114. The van der Waals surface area contributed by atoms with Crippen LogP contribution in [0.15, 0.2) is 29.6 Å². The minimum atomic E-state index is -1.36. The van der Waals surface area contributed by atoms with Gasteiger partial charge >= 0.3 is 72.1 Å². The van der Waals surface area contributed by atoms with Gasteiger partial charge in [-0.1, -0.05) is 0 Å². The Morgan fingerprint density at radius 3 is 1.20 bits per heavy atom. The molecule has 0 unspecified atom stereocenters. The molecular weight excluding hydrogens is 317 g/mol. The first-order valence-electron chi connectivity index (χ1n) is 3.51. The van der Waals surface area contributed by atoms with Gasteiger partial charge in [0.15, 0.2) is 0 Å². The molecule has 56 valence electrons. The summed E-state index contributed by atoms with van der Waals surface area (Å²) in [6, 6.07) is 0. The van der Waals surface area contributed by atoms with Crippen LogP contribution in [-0.4, -0.2) is 21.8 Å². The average Bonchev–Trinajstić information content (AvgIpc) is 1.90. The molecule has 0 aromatic rings. The van der Waals surface area contributed by atoms with E-state index in [4.69, 9.17) is 0 Å². The van der Waals surface area contributed by atoms with E-state index in [9.17, 15) is 0 Å². The van der Waals surface area contributed by atoms with Gasteiger partial charge in [-0.3, -0.25) is 0 Å². The molecule has 0 rings (SSSR count). The van der Waals surface area contributed by atoms with E-state index in [2.05, 4.69) is 50.4 Å². The van der Waals surface area contributed by atoms with Crippen LogP contribution in [0.25, 0.3) is 0 Å². The molecule has 0 aliphatic rings. The van der Waals surface area contributed by atoms with E-state index in [0.29, 0.717) is 0 Å². The van der Waals surface area contributed by atoms with E-state index in [1.807, 2.05) is 0 Å².